The van der Waals surface area contributed by atoms with E-state index in [1.807, 2.05) is 20.8 Å². The monoisotopic (exact) mass is 383 g/mol. The zero-order valence-corrected chi connectivity index (χ0v) is 16.9. The Balaban J connectivity index is 1.78. The van der Waals surface area contributed by atoms with Gasteiger partial charge in [0.15, 0.2) is 0 Å². The Kier molecular flexibility index (Phi) is 7.99. The molecule has 2 amide bonds. The fraction of sp³-hybridized carbons (Fsp3) is 0.409. The average molecular weight is 383 g/mol. The van der Waals surface area contributed by atoms with Crippen LogP contribution in [0, 0.1) is 5.92 Å². The summed E-state index contributed by atoms with van der Waals surface area (Å²) in [4.78, 5) is 24.1. The summed E-state index contributed by atoms with van der Waals surface area (Å²) in [6.45, 7) is 10.5. The third-order valence-corrected chi connectivity index (χ3v) is 4.64. The van der Waals surface area contributed by atoms with E-state index >= 15 is 0 Å². The van der Waals surface area contributed by atoms with E-state index in [0.29, 0.717) is 18.2 Å². The van der Waals surface area contributed by atoms with Crippen LogP contribution in [0.1, 0.15) is 46.5 Å². The van der Waals surface area contributed by atoms with Gasteiger partial charge in [-0.15, -0.1) is 0 Å². The van der Waals surface area contributed by atoms with Crippen LogP contribution in [0.2, 0.25) is 0 Å². The number of benzene rings is 1. The largest absolute Gasteiger partial charge is 0.494 e. The lowest BCUT2D eigenvalue weighted by molar-refractivity contribution is -0.124. The highest BCUT2D eigenvalue weighted by Gasteiger charge is 2.18. The van der Waals surface area contributed by atoms with Gasteiger partial charge in [0.2, 0.25) is 11.8 Å². The van der Waals surface area contributed by atoms with Crippen molar-refractivity contribution in [2.75, 3.05) is 11.9 Å². The molecule has 0 heterocycles. The summed E-state index contributed by atoms with van der Waals surface area (Å²) in [5.74, 6) is 0.613. The summed E-state index contributed by atoms with van der Waals surface area (Å²) < 4.78 is 5.36. The molecule has 6 nitrogen and oxygen atoms in total. The summed E-state index contributed by atoms with van der Waals surface area (Å²) in [5, 5.41) is 7.02. The van der Waals surface area contributed by atoms with E-state index in [1.54, 1.807) is 24.3 Å². The topological polar surface area (TPSA) is 79.8 Å². The van der Waals surface area contributed by atoms with Crippen molar-refractivity contribution < 1.29 is 14.3 Å². The van der Waals surface area contributed by atoms with Gasteiger partial charge in [-0.2, -0.15) is 5.10 Å². The molecule has 1 aliphatic carbocycles. The molecule has 1 aliphatic rings. The molecule has 28 heavy (non-hydrogen) atoms. The summed E-state index contributed by atoms with van der Waals surface area (Å²) in [5.41, 5.74) is 6.30. The molecule has 0 aromatic heterocycles. The first-order valence-electron chi connectivity index (χ1n) is 9.59. The van der Waals surface area contributed by atoms with Crippen LogP contribution in [0.4, 0.5) is 5.69 Å². The highest BCUT2D eigenvalue weighted by molar-refractivity contribution is 6.01. The van der Waals surface area contributed by atoms with Gasteiger partial charge in [-0.05, 0) is 69.4 Å². The molecule has 1 atom stereocenters. The molecule has 2 rings (SSSR count). The Morgan fingerprint density at radius 1 is 1.21 bits per heavy atom. The predicted octanol–water partition coefficient (Wildman–Crippen LogP) is 4.21. The van der Waals surface area contributed by atoms with Crippen LogP contribution in [0.25, 0.3) is 0 Å². The normalized spacial score (nSPS) is 17.6. The number of carbonyl (C=O) groups is 2. The molecule has 0 saturated heterocycles. The zero-order valence-electron chi connectivity index (χ0n) is 16.9. The first-order chi connectivity index (χ1) is 13.4. The van der Waals surface area contributed by atoms with Crippen molar-refractivity contribution in [2.24, 2.45) is 11.0 Å². The van der Waals surface area contributed by atoms with Crippen LogP contribution < -0.4 is 15.5 Å². The van der Waals surface area contributed by atoms with Gasteiger partial charge in [-0.25, -0.2) is 5.43 Å². The maximum Gasteiger partial charge on any atom is 0.240 e. The van der Waals surface area contributed by atoms with Gasteiger partial charge in [0, 0.05) is 18.5 Å². The van der Waals surface area contributed by atoms with Crippen LogP contribution in [-0.4, -0.2) is 24.1 Å². The Morgan fingerprint density at radius 2 is 1.89 bits per heavy atom. The lowest BCUT2D eigenvalue weighted by Crippen LogP contribution is -2.24. The molecule has 0 radical (unpaired) electrons. The number of carbonyl (C=O) groups excluding carboxylic acids is 2. The number of ether oxygens (including phenoxy) is 1. The first kappa shape index (κ1) is 21.4. The standard InChI is InChI=1S/C22H29N3O3/c1-5-28-19-10-8-18(9-11-19)23-21(26)12-13-22(27)25-24-20-14-17(15(2)3)7-6-16(20)4/h6,8-11,17H,2,5,7,12-14H2,1,3-4H3,(H,23,26)(H,25,27). The van der Waals surface area contributed by atoms with Gasteiger partial charge < -0.3 is 10.1 Å². The molecule has 2 N–H and O–H groups in total. The minimum atomic E-state index is -0.278. The number of allylic oxidation sites excluding steroid dienone is 3. The van der Waals surface area contributed by atoms with Gasteiger partial charge in [-0.1, -0.05) is 18.2 Å². The highest BCUT2D eigenvalue weighted by atomic mass is 16.5. The quantitative estimate of drug-likeness (QED) is 0.521. The predicted molar refractivity (Wildman–Crippen MR) is 112 cm³/mol. The van der Waals surface area contributed by atoms with E-state index in [2.05, 4.69) is 28.5 Å². The first-order valence-corrected chi connectivity index (χ1v) is 9.59. The van der Waals surface area contributed by atoms with E-state index < -0.39 is 0 Å². The second-order valence-electron chi connectivity index (χ2n) is 6.97. The van der Waals surface area contributed by atoms with Crippen molar-refractivity contribution in [3.63, 3.8) is 0 Å². The third-order valence-electron chi connectivity index (χ3n) is 4.64. The second kappa shape index (κ2) is 10.4. The number of hydrogen-bond acceptors (Lipinski definition) is 4. The fourth-order valence-corrected chi connectivity index (χ4v) is 2.86. The summed E-state index contributed by atoms with van der Waals surface area (Å²) in [6.07, 6.45) is 4.02. The van der Waals surface area contributed by atoms with E-state index in [9.17, 15) is 9.59 Å². The molecule has 0 bridgehead atoms. The summed E-state index contributed by atoms with van der Waals surface area (Å²) >= 11 is 0. The molecular weight excluding hydrogens is 354 g/mol. The number of nitrogens with zero attached hydrogens (tertiary/aromatic N) is 1. The number of hydrogen-bond donors (Lipinski definition) is 2. The van der Waals surface area contributed by atoms with Crippen molar-refractivity contribution in [3.05, 3.63) is 48.1 Å². The molecule has 6 heteroatoms. The molecule has 1 aromatic rings. The third kappa shape index (κ3) is 6.68. The highest BCUT2D eigenvalue weighted by Crippen LogP contribution is 2.26. The van der Waals surface area contributed by atoms with Crippen molar-refractivity contribution in [1.82, 2.24) is 5.43 Å². The van der Waals surface area contributed by atoms with Crippen LogP contribution in [0.5, 0.6) is 5.75 Å². The molecule has 0 aliphatic heterocycles. The smallest absolute Gasteiger partial charge is 0.240 e. The van der Waals surface area contributed by atoms with Crippen molar-refractivity contribution in [2.45, 2.75) is 46.5 Å². The van der Waals surface area contributed by atoms with Crippen LogP contribution in [0.3, 0.4) is 0 Å². The zero-order chi connectivity index (χ0) is 20.5. The number of nitrogens with one attached hydrogen (secondary N) is 2. The Hall–Kier alpha value is -2.89. The molecule has 0 saturated carbocycles. The van der Waals surface area contributed by atoms with E-state index in [4.69, 9.17) is 4.74 Å². The van der Waals surface area contributed by atoms with Crippen LogP contribution in [-0.2, 0) is 9.59 Å². The van der Waals surface area contributed by atoms with E-state index in [1.165, 1.54) is 0 Å². The maximum atomic E-state index is 12.0. The molecule has 1 unspecified atom stereocenters. The van der Waals surface area contributed by atoms with Gasteiger partial charge in [-0.3, -0.25) is 9.59 Å². The molecule has 150 valence electrons. The molecule has 1 aromatic carbocycles. The second-order valence-corrected chi connectivity index (χ2v) is 6.97. The van der Waals surface area contributed by atoms with E-state index in [-0.39, 0.29) is 24.7 Å². The minimum Gasteiger partial charge on any atom is -0.494 e. The molecule has 0 spiro atoms. The Bertz CT molecular complexity index is 779. The van der Waals surface area contributed by atoms with Crippen molar-refractivity contribution in [3.8, 4) is 5.75 Å². The SMILES string of the molecule is C=C(C)C1CC=C(C)C(=NNC(=O)CCC(=O)Nc2ccc(OCC)cc2)C1. The average Bonchev–Trinajstić information content (AvgIpc) is 2.67. The Labute approximate surface area is 166 Å². The van der Waals surface area contributed by atoms with Gasteiger partial charge in [0.1, 0.15) is 5.75 Å². The number of rotatable bonds is 8. The Morgan fingerprint density at radius 3 is 2.54 bits per heavy atom. The van der Waals surface area contributed by atoms with Gasteiger partial charge in [0.05, 0.1) is 12.3 Å². The molecule has 0 fully saturated rings. The van der Waals surface area contributed by atoms with E-state index in [0.717, 1.165) is 35.4 Å². The van der Waals surface area contributed by atoms with Crippen molar-refractivity contribution in [1.29, 1.82) is 0 Å². The van der Waals surface area contributed by atoms with Crippen LogP contribution in [0.15, 0.2) is 53.2 Å². The molecular formula is C22H29N3O3. The van der Waals surface area contributed by atoms with Crippen LogP contribution >= 0.6 is 0 Å². The lowest BCUT2D eigenvalue weighted by Gasteiger charge is -2.22. The van der Waals surface area contributed by atoms with Gasteiger partial charge >= 0.3 is 0 Å². The van der Waals surface area contributed by atoms with Gasteiger partial charge in [0.25, 0.3) is 0 Å². The maximum absolute atomic E-state index is 12.0. The number of anilines is 1. The lowest BCUT2D eigenvalue weighted by atomic mass is 9.85. The van der Waals surface area contributed by atoms with Crippen molar-refractivity contribution >= 4 is 23.2 Å². The number of amides is 2. The minimum absolute atomic E-state index is 0.0757. The fourth-order valence-electron chi connectivity index (χ4n) is 2.86. The summed E-state index contributed by atoms with van der Waals surface area (Å²) in [6, 6.07) is 7.12. The number of hydrazone groups is 1. The summed E-state index contributed by atoms with van der Waals surface area (Å²) in [7, 11) is 0.